The van der Waals surface area contributed by atoms with E-state index in [0.29, 0.717) is 5.92 Å². The Morgan fingerprint density at radius 2 is 1.12 bits per heavy atom. The van der Waals surface area contributed by atoms with E-state index >= 15 is 0 Å². The Balaban J connectivity index is 1.14. The van der Waals surface area contributed by atoms with E-state index in [1.165, 1.54) is 60.7 Å². The summed E-state index contributed by atoms with van der Waals surface area (Å²) >= 11 is 0. The number of anilines is 5. The van der Waals surface area contributed by atoms with Gasteiger partial charge in [0.05, 0.1) is 17.4 Å². The van der Waals surface area contributed by atoms with Crippen molar-refractivity contribution in [2.24, 2.45) is 0 Å². The normalized spacial score (nSPS) is 15.9. The second-order valence-electron chi connectivity index (χ2n) is 13.7. The Morgan fingerprint density at radius 1 is 0.442 bits per heavy atom. The minimum atomic E-state index is 0.252. The summed E-state index contributed by atoms with van der Waals surface area (Å²) < 4.78 is 0. The molecule has 1 aliphatic carbocycles. The van der Waals surface area contributed by atoms with Crippen LogP contribution in [-0.4, -0.2) is 6.04 Å². The maximum Gasteiger partial charge on any atom is 0.0629 e. The van der Waals surface area contributed by atoms with Crippen LogP contribution in [0.3, 0.4) is 0 Å². The molecule has 246 valence electrons. The molecule has 8 aromatic rings. The van der Waals surface area contributed by atoms with Crippen LogP contribution >= 0.6 is 0 Å². The number of hydrogen-bond donors (Lipinski definition) is 0. The van der Waals surface area contributed by atoms with E-state index in [2.05, 4.69) is 216 Å². The van der Waals surface area contributed by atoms with Gasteiger partial charge in [0.25, 0.3) is 0 Å². The van der Waals surface area contributed by atoms with Gasteiger partial charge in [-0.1, -0.05) is 164 Å². The molecule has 0 saturated heterocycles. The number of nitrogens with zero attached hydrogens (tertiary/aromatic N) is 2. The molecule has 2 nitrogen and oxygen atoms in total. The van der Waals surface area contributed by atoms with Gasteiger partial charge >= 0.3 is 0 Å². The maximum atomic E-state index is 2.54. The lowest BCUT2D eigenvalue weighted by Gasteiger charge is -2.30. The van der Waals surface area contributed by atoms with E-state index in [1.54, 1.807) is 0 Å². The van der Waals surface area contributed by atoms with E-state index in [4.69, 9.17) is 0 Å². The largest absolute Gasteiger partial charge is 0.333 e. The van der Waals surface area contributed by atoms with Gasteiger partial charge in [0.15, 0.2) is 0 Å². The van der Waals surface area contributed by atoms with Gasteiger partial charge < -0.3 is 9.80 Å². The molecular weight excluding hydrogens is 629 g/mol. The first-order valence-electron chi connectivity index (χ1n) is 18.1. The zero-order valence-electron chi connectivity index (χ0n) is 28.7. The Bertz CT molecular complexity index is 2630. The molecule has 0 aromatic heterocycles. The molecule has 0 fully saturated rings. The van der Waals surface area contributed by atoms with E-state index in [0.717, 1.165) is 17.1 Å². The summed E-state index contributed by atoms with van der Waals surface area (Å²) in [6.45, 7) is 0. The van der Waals surface area contributed by atoms with Crippen molar-refractivity contribution >= 4 is 50.0 Å². The number of rotatable bonds is 6. The Hall–Kier alpha value is -6.64. The molecule has 2 aliphatic rings. The van der Waals surface area contributed by atoms with Crippen LogP contribution in [0.1, 0.15) is 11.5 Å². The molecule has 2 atom stereocenters. The highest BCUT2D eigenvalue weighted by atomic mass is 15.2. The van der Waals surface area contributed by atoms with Crippen molar-refractivity contribution in [1.82, 2.24) is 0 Å². The molecule has 2 unspecified atom stereocenters. The zero-order valence-corrected chi connectivity index (χ0v) is 28.7. The third kappa shape index (κ3) is 5.03. The fraction of sp³-hybridized carbons (Fsp3) is 0.0400. The van der Waals surface area contributed by atoms with E-state index in [1.807, 2.05) is 0 Å². The zero-order chi connectivity index (χ0) is 34.4. The average Bonchev–Trinajstić information content (AvgIpc) is 3.57. The lowest BCUT2D eigenvalue weighted by Crippen LogP contribution is -2.28. The summed E-state index contributed by atoms with van der Waals surface area (Å²) in [6.07, 6.45) is 9.09. The van der Waals surface area contributed by atoms with Crippen LogP contribution in [0, 0.1) is 0 Å². The molecule has 1 aliphatic heterocycles. The van der Waals surface area contributed by atoms with Crippen LogP contribution in [-0.2, 0) is 0 Å². The predicted octanol–water partition coefficient (Wildman–Crippen LogP) is 13.5. The highest BCUT2D eigenvalue weighted by Crippen LogP contribution is 2.51. The highest BCUT2D eigenvalue weighted by Gasteiger charge is 2.38. The second-order valence-corrected chi connectivity index (χ2v) is 13.7. The lowest BCUT2D eigenvalue weighted by atomic mass is 9.90. The van der Waals surface area contributed by atoms with E-state index in [-0.39, 0.29) is 6.04 Å². The number of fused-ring (bicyclic) bond motifs is 6. The van der Waals surface area contributed by atoms with Gasteiger partial charge in [-0.2, -0.15) is 0 Å². The van der Waals surface area contributed by atoms with Gasteiger partial charge in [-0.3, -0.25) is 0 Å². The molecule has 0 amide bonds. The molecular formula is C50H36N2. The summed E-state index contributed by atoms with van der Waals surface area (Å²) in [7, 11) is 0. The molecule has 0 saturated carbocycles. The van der Waals surface area contributed by atoms with Crippen molar-refractivity contribution in [2.75, 3.05) is 9.80 Å². The SMILES string of the molecule is C1=CC2c3ccc4cc(N(c5ccc(-c6cccc7ccccc67)cc5)c5ccccc5-c5ccccc5)ccc4c3N(c3ccccc3)C2C=C1. The quantitative estimate of drug-likeness (QED) is 0.175. The first-order valence-corrected chi connectivity index (χ1v) is 18.1. The van der Waals surface area contributed by atoms with Crippen molar-refractivity contribution in [3.05, 3.63) is 212 Å². The van der Waals surface area contributed by atoms with Crippen molar-refractivity contribution in [2.45, 2.75) is 12.0 Å². The average molecular weight is 665 g/mol. The minimum absolute atomic E-state index is 0.252. The smallest absolute Gasteiger partial charge is 0.0629 e. The van der Waals surface area contributed by atoms with E-state index < -0.39 is 0 Å². The van der Waals surface area contributed by atoms with Gasteiger partial charge in [0, 0.05) is 33.9 Å². The molecule has 0 bridgehead atoms. The number of hydrogen-bond acceptors (Lipinski definition) is 2. The molecule has 0 N–H and O–H groups in total. The number of para-hydroxylation sites is 2. The summed E-state index contributed by atoms with van der Waals surface area (Å²) in [5.74, 6) is 0.318. The summed E-state index contributed by atoms with van der Waals surface area (Å²) in [5, 5.41) is 5.01. The van der Waals surface area contributed by atoms with Crippen LogP contribution in [0.5, 0.6) is 0 Å². The summed E-state index contributed by atoms with van der Waals surface area (Å²) in [5.41, 5.74) is 12.1. The van der Waals surface area contributed by atoms with E-state index in [9.17, 15) is 0 Å². The Labute approximate surface area is 304 Å². The molecule has 10 rings (SSSR count). The van der Waals surface area contributed by atoms with Crippen LogP contribution in [0.15, 0.2) is 206 Å². The fourth-order valence-electron chi connectivity index (χ4n) is 8.39. The number of benzene rings is 8. The fourth-order valence-corrected chi connectivity index (χ4v) is 8.39. The number of allylic oxidation sites excluding steroid dienone is 2. The minimum Gasteiger partial charge on any atom is -0.333 e. The first-order chi connectivity index (χ1) is 25.8. The van der Waals surface area contributed by atoms with Crippen LogP contribution < -0.4 is 9.80 Å². The van der Waals surface area contributed by atoms with Crippen molar-refractivity contribution in [3.63, 3.8) is 0 Å². The Morgan fingerprint density at radius 3 is 1.98 bits per heavy atom. The molecule has 8 aromatic carbocycles. The maximum absolute atomic E-state index is 2.54. The molecule has 2 heteroatoms. The lowest BCUT2D eigenvalue weighted by molar-refractivity contribution is 0.745. The molecule has 1 heterocycles. The molecule has 52 heavy (non-hydrogen) atoms. The van der Waals surface area contributed by atoms with Gasteiger partial charge in [0.2, 0.25) is 0 Å². The highest BCUT2D eigenvalue weighted by molar-refractivity contribution is 6.03. The monoisotopic (exact) mass is 664 g/mol. The summed E-state index contributed by atoms with van der Waals surface area (Å²) in [4.78, 5) is 4.96. The second kappa shape index (κ2) is 12.6. The van der Waals surface area contributed by atoms with Crippen molar-refractivity contribution in [3.8, 4) is 22.3 Å². The predicted molar refractivity (Wildman–Crippen MR) is 220 cm³/mol. The molecule has 0 radical (unpaired) electrons. The topological polar surface area (TPSA) is 6.48 Å². The Kier molecular flexibility index (Phi) is 7.32. The third-order valence-corrected chi connectivity index (χ3v) is 10.8. The molecule has 0 spiro atoms. The van der Waals surface area contributed by atoms with Crippen molar-refractivity contribution in [1.29, 1.82) is 0 Å². The van der Waals surface area contributed by atoms with Crippen LogP contribution in [0.2, 0.25) is 0 Å². The summed E-state index contributed by atoms with van der Waals surface area (Å²) in [6, 6.07) is 66.5. The first kappa shape index (κ1) is 30.2. The standard InChI is InChI=1S/C50H36N2/c1-3-14-36(15-4-1)44-21-9-11-24-48(44)51(40-29-26-37(27-30-40)43-23-13-17-35-16-7-8-20-42(35)43)41-31-33-45-38(34-41)28-32-47-46-22-10-12-25-49(46)52(50(45)47)39-18-5-2-6-19-39/h1-34,46,49H. The van der Waals surface area contributed by atoms with Gasteiger partial charge in [-0.05, 0) is 80.9 Å². The van der Waals surface area contributed by atoms with Crippen LogP contribution in [0.4, 0.5) is 28.4 Å². The third-order valence-electron chi connectivity index (χ3n) is 10.8. The van der Waals surface area contributed by atoms with Gasteiger partial charge in [-0.15, -0.1) is 0 Å². The van der Waals surface area contributed by atoms with Crippen LogP contribution in [0.25, 0.3) is 43.8 Å². The van der Waals surface area contributed by atoms with Gasteiger partial charge in [0.1, 0.15) is 0 Å². The van der Waals surface area contributed by atoms with Gasteiger partial charge in [-0.25, -0.2) is 0 Å². The van der Waals surface area contributed by atoms with Crippen molar-refractivity contribution < 1.29 is 0 Å².